The fourth-order valence-electron chi connectivity index (χ4n) is 2.34. The summed E-state index contributed by atoms with van der Waals surface area (Å²) in [6.45, 7) is 5.60. The molecule has 0 spiro atoms. The first-order chi connectivity index (χ1) is 12.3. The molecule has 138 valence electrons. The van der Waals surface area contributed by atoms with Crippen LogP contribution in [0.4, 0.5) is 0 Å². The lowest BCUT2D eigenvalue weighted by molar-refractivity contribution is -0.138. The van der Waals surface area contributed by atoms with Crippen molar-refractivity contribution in [3.05, 3.63) is 70.8 Å². The van der Waals surface area contributed by atoms with Gasteiger partial charge in [-0.05, 0) is 44.5 Å². The van der Waals surface area contributed by atoms with Crippen molar-refractivity contribution < 1.29 is 17.9 Å². The standard InChI is InChI=1S/C20H23NO4S/c1-4-25-20(22)18(13-17-7-5-6-16(3)12-17)14-21-26(23,24)19-10-8-15(2)9-11-19/h5-13,21H,4,14H2,1-3H3/b18-13+. The fourth-order valence-corrected chi connectivity index (χ4v) is 3.35. The van der Waals surface area contributed by atoms with Crippen LogP contribution < -0.4 is 4.72 Å². The predicted octanol–water partition coefficient (Wildman–Crippen LogP) is 3.23. The lowest BCUT2D eigenvalue weighted by atomic mass is 10.1. The van der Waals surface area contributed by atoms with Crippen LogP contribution in [0, 0.1) is 13.8 Å². The van der Waals surface area contributed by atoms with Gasteiger partial charge in [0, 0.05) is 6.54 Å². The van der Waals surface area contributed by atoms with Gasteiger partial charge < -0.3 is 4.74 Å². The SMILES string of the molecule is CCOC(=O)/C(=C/c1cccc(C)c1)CNS(=O)(=O)c1ccc(C)cc1. The Labute approximate surface area is 154 Å². The number of esters is 1. The topological polar surface area (TPSA) is 72.5 Å². The summed E-state index contributed by atoms with van der Waals surface area (Å²) in [5.74, 6) is -0.541. The second-order valence-corrected chi connectivity index (χ2v) is 7.71. The molecule has 0 aromatic heterocycles. The highest BCUT2D eigenvalue weighted by molar-refractivity contribution is 7.89. The summed E-state index contributed by atoms with van der Waals surface area (Å²) < 4.78 is 32.4. The van der Waals surface area contributed by atoms with Crippen LogP contribution in [0.5, 0.6) is 0 Å². The van der Waals surface area contributed by atoms with Crippen molar-refractivity contribution in [3.63, 3.8) is 0 Å². The first-order valence-corrected chi connectivity index (χ1v) is 9.81. The van der Waals surface area contributed by atoms with Gasteiger partial charge in [0.2, 0.25) is 10.0 Å². The lowest BCUT2D eigenvalue weighted by Crippen LogP contribution is -2.28. The van der Waals surface area contributed by atoms with Crippen molar-refractivity contribution >= 4 is 22.1 Å². The van der Waals surface area contributed by atoms with Gasteiger partial charge in [-0.3, -0.25) is 0 Å². The maximum atomic E-state index is 12.4. The molecule has 0 fully saturated rings. The summed E-state index contributed by atoms with van der Waals surface area (Å²) in [6.07, 6.45) is 1.64. The molecule has 0 heterocycles. The molecule has 2 aromatic carbocycles. The van der Waals surface area contributed by atoms with E-state index in [0.29, 0.717) is 0 Å². The van der Waals surface area contributed by atoms with E-state index in [2.05, 4.69) is 4.72 Å². The second kappa shape index (κ2) is 8.78. The molecule has 0 bridgehead atoms. The monoisotopic (exact) mass is 373 g/mol. The summed E-state index contributed by atoms with van der Waals surface area (Å²) in [6, 6.07) is 14.1. The number of nitrogens with one attached hydrogen (secondary N) is 1. The number of hydrogen-bond acceptors (Lipinski definition) is 4. The number of aryl methyl sites for hydroxylation is 2. The number of carbonyl (C=O) groups is 1. The van der Waals surface area contributed by atoms with Crippen molar-refractivity contribution in [1.82, 2.24) is 4.72 Å². The van der Waals surface area contributed by atoms with E-state index in [0.717, 1.165) is 16.7 Å². The Hall–Kier alpha value is -2.44. The molecule has 0 atom stereocenters. The highest BCUT2D eigenvalue weighted by Crippen LogP contribution is 2.13. The van der Waals surface area contributed by atoms with E-state index >= 15 is 0 Å². The van der Waals surface area contributed by atoms with E-state index < -0.39 is 16.0 Å². The van der Waals surface area contributed by atoms with E-state index in [-0.39, 0.29) is 23.6 Å². The van der Waals surface area contributed by atoms with Crippen molar-refractivity contribution in [2.45, 2.75) is 25.7 Å². The van der Waals surface area contributed by atoms with E-state index in [1.54, 1.807) is 25.1 Å². The summed E-state index contributed by atoms with van der Waals surface area (Å²) in [4.78, 5) is 12.4. The second-order valence-electron chi connectivity index (χ2n) is 5.94. The van der Waals surface area contributed by atoms with Crippen LogP contribution in [0.25, 0.3) is 6.08 Å². The Kier molecular flexibility index (Phi) is 6.71. The molecule has 0 aliphatic heterocycles. The smallest absolute Gasteiger partial charge is 0.335 e. The third-order valence-electron chi connectivity index (χ3n) is 3.70. The molecule has 6 heteroatoms. The molecule has 5 nitrogen and oxygen atoms in total. The van der Waals surface area contributed by atoms with Gasteiger partial charge in [-0.25, -0.2) is 17.9 Å². The highest BCUT2D eigenvalue weighted by Gasteiger charge is 2.17. The Morgan fingerprint density at radius 1 is 1.08 bits per heavy atom. The summed E-state index contributed by atoms with van der Waals surface area (Å²) in [7, 11) is -3.72. The highest BCUT2D eigenvalue weighted by atomic mass is 32.2. The zero-order valence-corrected chi connectivity index (χ0v) is 16.0. The van der Waals surface area contributed by atoms with Crippen molar-refractivity contribution in [3.8, 4) is 0 Å². The fraction of sp³-hybridized carbons (Fsp3) is 0.250. The molecule has 0 aliphatic carbocycles. The van der Waals surface area contributed by atoms with Crippen molar-refractivity contribution in [2.24, 2.45) is 0 Å². The predicted molar refractivity (Wildman–Crippen MR) is 102 cm³/mol. The average molecular weight is 373 g/mol. The van der Waals surface area contributed by atoms with Gasteiger partial charge in [0.1, 0.15) is 0 Å². The Morgan fingerprint density at radius 3 is 2.38 bits per heavy atom. The Morgan fingerprint density at radius 2 is 1.77 bits per heavy atom. The molecular formula is C20H23NO4S. The number of benzene rings is 2. The first-order valence-electron chi connectivity index (χ1n) is 8.32. The van der Waals surface area contributed by atoms with E-state index in [4.69, 9.17) is 4.74 Å². The Bertz CT molecular complexity index is 900. The van der Waals surface area contributed by atoms with Crippen LogP contribution >= 0.6 is 0 Å². The quantitative estimate of drug-likeness (QED) is 0.597. The molecular weight excluding hydrogens is 350 g/mol. The minimum Gasteiger partial charge on any atom is -0.463 e. The van der Waals surface area contributed by atoms with E-state index in [1.165, 1.54) is 12.1 Å². The van der Waals surface area contributed by atoms with E-state index in [9.17, 15) is 13.2 Å². The summed E-state index contributed by atoms with van der Waals surface area (Å²) in [5.41, 5.74) is 3.06. The van der Waals surface area contributed by atoms with Crippen molar-refractivity contribution in [1.29, 1.82) is 0 Å². The lowest BCUT2D eigenvalue weighted by Gasteiger charge is -2.10. The molecule has 0 saturated heterocycles. The van der Waals surface area contributed by atoms with Gasteiger partial charge in [0.25, 0.3) is 0 Å². The average Bonchev–Trinajstić information content (AvgIpc) is 2.59. The normalized spacial score (nSPS) is 12.0. The van der Waals surface area contributed by atoms with Gasteiger partial charge in [0.05, 0.1) is 17.1 Å². The zero-order chi connectivity index (χ0) is 19.2. The van der Waals surface area contributed by atoms with Gasteiger partial charge in [-0.15, -0.1) is 0 Å². The third kappa shape index (κ3) is 5.54. The molecule has 0 aliphatic rings. The van der Waals surface area contributed by atoms with E-state index in [1.807, 2.05) is 38.1 Å². The van der Waals surface area contributed by atoms with Gasteiger partial charge >= 0.3 is 5.97 Å². The molecule has 0 amide bonds. The minimum absolute atomic E-state index is 0.150. The first kappa shape index (κ1) is 19.9. The largest absolute Gasteiger partial charge is 0.463 e. The van der Waals surface area contributed by atoms with Crippen molar-refractivity contribution in [2.75, 3.05) is 13.2 Å². The van der Waals surface area contributed by atoms with Crippen LogP contribution in [0.2, 0.25) is 0 Å². The summed E-state index contributed by atoms with van der Waals surface area (Å²) >= 11 is 0. The van der Waals surface area contributed by atoms with Gasteiger partial charge in [0.15, 0.2) is 0 Å². The third-order valence-corrected chi connectivity index (χ3v) is 5.12. The molecule has 2 aromatic rings. The number of hydrogen-bond donors (Lipinski definition) is 1. The maximum Gasteiger partial charge on any atom is 0.335 e. The molecule has 0 unspecified atom stereocenters. The molecule has 2 rings (SSSR count). The molecule has 0 saturated carbocycles. The Balaban J connectivity index is 2.24. The van der Waals surface area contributed by atoms with Crippen LogP contribution in [-0.2, 0) is 19.6 Å². The zero-order valence-electron chi connectivity index (χ0n) is 15.2. The number of rotatable bonds is 7. The van der Waals surface area contributed by atoms with Gasteiger partial charge in [-0.2, -0.15) is 0 Å². The van der Waals surface area contributed by atoms with Crippen LogP contribution in [0.15, 0.2) is 59.0 Å². The number of ether oxygens (including phenoxy) is 1. The van der Waals surface area contributed by atoms with Gasteiger partial charge in [-0.1, -0.05) is 47.5 Å². The number of carbonyl (C=O) groups excluding carboxylic acids is 1. The van der Waals surface area contributed by atoms with Crippen LogP contribution in [0.1, 0.15) is 23.6 Å². The maximum absolute atomic E-state index is 12.4. The van der Waals surface area contributed by atoms with Crippen LogP contribution in [-0.4, -0.2) is 27.5 Å². The molecule has 1 N–H and O–H groups in total. The minimum atomic E-state index is -3.72. The molecule has 0 radical (unpaired) electrons. The number of sulfonamides is 1. The molecule has 26 heavy (non-hydrogen) atoms. The summed E-state index contributed by atoms with van der Waals surface area (Å²) in [5, 5.41) is 0. The van der Waals surface area contributed by atoms with Crippen LogP contribution in [0.3, 0.4) is 0 Å².